The molecule has 0 saturated heterocycles. The zero-order valence-corrected chi connectivity index (χ0v) is 9.35. The van der Waals surface area contributed by atoms with Crippen molar-refractivity contribution in [1.82, 2.24) is 5.32 Å². The molecule has 0 aliphatic heterocycles. The maximum absolute atomic E-state index is 11.5. The SMILES string of the molecule is COC(=O)C(Cc1ccccc1)NCCO. The first-order valence-corrected chi connectivity index (χ1v) is 5.24. The number of hydrogen-bond donors (Lipinski definition) is 2. The molecule has 0 spiro atoms. The summed E-state index contributed by atoms with van der Waals surface area (Å²) in [5.74, 6) is -0.308. The molecular formula is C12H17NO3. The van der Waals surface area contributed by atoms with Crippen molar-refractivity contribution >= 4 is 5.97 Å². The number of hydrogen-bond acceptors (Lipinski definition) is 4. The van der Waals surface area contributed by atoms with Crippen LogP contribution in [0.3, 0.4) is 0 Å². The zero-order valence-electron chi connectivity index (χ0n) is 9.35. The average Bonchev–Trinajstić information content (AvgIpc) is 2.34. The van der Waals surface area contributed by atoms with E-state index >= 15 is 0 Å². The summed E-state index contributed by atoms with van der Waals surface area (Å²) in [6.07, 6.45) is 0.563. The first-order chi connectivity index (χ1) is 7.77. The van der Waals surface area contributed by atoms with Crippen molar-refractivity contribution in [3.05, 3.63) is 35.9 Å². The van der Waals surface area contributed by atoms with Crippen molar-refractivity contribution in [1.29, 1.82) is 0 Å². The molecule has 16 heavy (non-hydrogen) atoms. The summed E-state index contributed by atoms with van der Waals surface area (Å²) < 4.78 is 4.70. The van der Waals surface area contributed by atoms with Crippen molar-refractivity contribution < 1.29 is 14.6 Å². The lowest BCUT2D eigenvalue weighted by Crippen LogP contribution is -2.40. The molecule has 1 atom stereocenters. The van der Waals surface area contributed by atoms with Crippen LogP contribution in [0.25, 0.3) is 0 Å². The number of ether oxygens (including phenoxy) is 1. The summed E-state index contributed by atoms with van der Waals surface area (Å²) >= 11 is 0. The van der Waals surface area contributed by atoms with Crippen LogP contribution in [0.1, 0.15) is 5.56 Å². The zero-order chi connectivity index (χ0) is 11.8. The molecule has 1 aromatic carbocycles. The summed E-state index contributed by atoms with van der Waals surface area (Å²) in [7, 11) is 1.36. The minimum Gasteiger partial charge on any atom is -0.468 e. The van der Waals surface area contributed by atoms with E-state index in [2.05, 4.69) is 5.32 Å². The molecule has 4 heteroatoms. The Kier molecular flexibility index (Phi) is 5.53. The quantitative estimate of drug-likeness (QED) is 0.683. The predicted octanol–water partition coefficient (Wildman–Crippen LogP) is 0.353. The number of carbonyl (C=O) groups is 1. The molecule has 0 fully saturated rings. The molecule has 0 aromatic heterocycles. The second kappa shape index (κ2) is 6.98. The smallest absolute Gasteiger partial charge is 0.323 e. The summed E-state index contributed by atoms with van der Waals surface area (Å²) in [4.78, 5) is 11.5. The van der Waals surface area contributed by atoms with Gasteiger partial charge in [0, 0.05) is 6.54 Å². The Morgan fingerprint density at radius 2 is 2.12 bits per heavy atom. The normalized spacial score (nSPS) is 12.1. The Bertz CT molecular complexity index is 313. The van der Waals surface area contributed by atoms with Gasteiger partial charge in [-0.15, -0.1) is 0 Å². The van der Waals surface area contributed by atoms with Gasteiger partial charge < -0.3 is 15.2 Å². The fraction of sp³-hybridized carbons (Fsp3) is 0.417. The number of methoxy groups -OCH3 is 1. The van der Waals surface area contributed by atoms with Gasteiger partial charge in [-0.25, -0.2) is 0 Å². The van der Waals surface area contributed by atoms with E-state index in [9.17, 15) is 4.79 Å². The lowest BCUT2D eigenvalue weighted by Gasteiger charge is -2.15. The second-order valence-electron chi connectivity index (χ2n) is 3.44. The highest BCUT2D eigenvalue weighted by Crippen LogP contribution is 2.04. The molecule has 0 aliphatic carbocycles. The maximum atomic E-state index is 11.5. The second-order valence-corrected chi connectivity index (χ2v) is 3.44. The van der Waals surface area contributed by atoms with E-state index < -0.39 is 6.04 Å². The van der Waals surface area contributed by atoms with E-state index in [1.807, 2.05) is 30.3 Å². The maximum Gasteiger partial charge on any atom is 0.323 e. The highest BCUT2D eigenvalue weighted by molar-refractivity contribution is 5.76. The number of carbonyl (C=O) groups excluding carboxylic acids is 1. The molecule has 0 heterocycles. The molecule has 4 nitrogen and oxygen atoms in total. The standard InChI is InChI=1S/C12H17NO3/c1-16-12(15)11(13-7-8-14)9-10-5-3-2-4-6-10/h2-6,11,13-14H,7-9H2,1H3. The summed E-state index contributed by atoms with van der Waals surface area (Å²) in [5.41, 5.74) is 1.06. The summed E-state index contributed by atoms with van der Waals surface area (Å²) in [6, 6.07) is 9.29. The number of benzene rings is 1. The highest BCUT2D eigenvalue weighted by Gasteiger charge is 2.18. The molecule has 88 valence electrons. The molecule has 0 aliphatic rings. The van der Waals surface area contributed by atoms with E-state index in [1.165, 1.54) is 7.11 Å². The van der Waals surface area contributed by atoms with Crippen molar-refractivity contribution in [3.8, 4) is 0 Å². The van der Waals surface area contributed by atoms with Crippen LogP contribution in [0.5, 0.6) is 0 Å². The van der Waals surface area contributed by atoms with Crippen LogP contribution in [0.2, 0.25) is 0 Å². The van der Waals surface area contributed by atoms with Gasteiger partial charge >= 0.3 is 5.97 Å². The van der Waals surface area contributed by atoms with E-state index in [-0.39, 0.29) is 12.6 Å². The van der Waals surface area contributed by atoms with Crippen LogP contribution in [-0.4, -0.2) is 37.4 Å². The number of nitrogens with one attached hydrogen (secondary N) is 1. The first-order valence-electron chi connectivity index (χ1n) is 5.24. The number of aliphatic hydroxyl groups excluding tert-OH is 1. The topological polar surface area (TPSA) is 58.6 Å². The Labute approximate surface area is 95.2 Å². The molecule has 1 aromatic rings. The summed E-state index contributed by atoms with van der Waals surface area (Å²) in [5, 5.41) is 11.7. The largest absolute Gasteiger partial charge is 0.468 e. The minimum absolute atomic E-state index is 0.00227. The predicted molar refractivity (Wildman–Crippen MR) is 61.0 cm³/mol. The third-order valence-electron chi connectivity index (χ3n) is 2.27. The van der Waals surface area contributed by atoms with E-state index in [1.54, 1.807) is 0 Å². The Morgan fingerprint density at radius 3 is 2.69 bits per heavy atom. The first kappa shape index (κ1) is 12.7. The Hall–Kier alpha value is -1.39. The lowest BCUT2D eigenvalue weighted by atomic mass is 10.1. The van der Waals surface area contributed by atoms with Crippen LogP contribution < -0.4 is 5.32 Å². The van der Waals surface area contributed by atoms with Crippen molar-refractivity contribution in [3.63, 3.8) is 0 Å². The number of aliphatic hydroxyl groups is 1. The van der Waals surface area contributed by atoms with Crippen molar-refractivity contribution in [2.75, 3.05) is 20.3 Å². The van der Waals surface area contributed by atoms with E-state index in [4.69, 9.17) is 9.84 Å². The molecular weight excluding hydrogens is 206 g/mol. The molecule has 0 saturated carbocycles. The van der Waals surface area contributed by atoms with Crippen molar-refractivity contribution in [2.45, 2.75) is 12.5 Å². The highest BCUT2D eigenvalue weighted by atomic mass is 16.5. The van der Waals surface area contributed by atoms with Gasteiger partial charge in [0.15, 0.2) is 0 Å². The fourth-order valence-corrected chi connectivity index (χ4v) is 1.47. The van der Waals surface area contributed by atoms with Gasteiger partial charge in [-0.05, 0) is 12.0 Å². The summed E-state index contributed by atoms with van der Waals surface area (Å²) in [6.45, 7) is 0.384. The van der Waals surface area contributed by atoms with Gasteiger partial charge in [0.25, 0.3) is 0 Å². The molecule has 0 radical (unpaired) electrons. The van der Waals surface area contributed by atoms with E-state index in [0.29, 0.717) is 13.0 Å². The van der Waals surface area contributed by atoms with E-state index in [0.717, 1.165) is 5.56 Å². The van der Waals surface area contributed by atoms with Gasteiger partial charge in [0.05, 0.1) is 13.7 Å². The monoisotopic (exact) mass is 223 g/mol. The van der Waals surface area contributed by atoms with Gasteiger partial charge in [-0.2, -0.15) is 0 Å². The molecule has 1 unspecified atom stereocenters. The Balaban J connectivity index is 2.59. The minimum atomic E-state index is -0.403. The van der Waals surface area contributed by atoms with Crippen molar-refractivity contribution in [2.24, 2.45) is 0 Å². The van der Waals surface area contributed by atoms with Crippen LogP contribution in [0.4, 0.5) is 0 Å². The molecule has 1 rings (SSSR count). The molecule has 2 N–H and O–H groups in total. The number of rotatable bonds is 6. The lowest BCUT2D eigenvalue weighted by molar-refractivity contribution is -0.143. The van der Waals surface area contributed by atoms with Crippen LogP contribution in [-0.2, 0) is 16.0 Å². The third kappa shape index (κ3) is 4.00. The van der Waals surface area contributed by atoms with Gasteiger partial charge in [-0.1, -0.05) is 30.3 Å². The van der Waals surface area contributed by atoms with Gasteiger partial charge in [0.2, 0.25) is 0 Å². The van der Waals surface area contributed by atoms with Crippen LogP contribution >= 0.6 is 0 Å². The van der Waals surface area contributed by atoms with Gasteiger partial charge in [-0.3, -0.25) is 4.79 Å². The molecule has 0 amide bonds. The average molecular weight is 223 g/mol. The number of esters is 1. The third-order valence-corrected chi connectivity index (χ3v) is 2.27. The Morgan fingerprint density at radius 1 is 1.44 bits per heavy atom. The fourth-order valence-electron chi connectivity index (χ4n) is 1.47. The molecule has 0 bridgehead atoms. The van der Waals surface area contributed by atoms with Crippen LogP contribution in [0, 0.1) is 0 Å². The van der Waals surface area contributed by atoms with Crippen LogP contribution in [0.15, 0.2) is 30.3 Å². The van der Waals surface area contributed by atoms with Gasteiger partial charge in [0.1, 0.15) is 6.04 Å².